The van der Waals surface area contributed by atoms with Gasteiger partial charge < -0.3 is 20.1 Å². The third kappa shape index (κ3) is 4.40. The minimum atomic E-state index is -0.258. The van der Waals surface area contributed by atoms with Gasteiger partial charge in [0, 0.05) is 23.6 Å². The number of anilines is 3. The van der Waals surface area contributed by atoms with Gasteiger partial charge in [-0.2, -0.15) is 0 Å². The molecule has 0 saturated carbocycles. The SMILES string of the molecule is CCc1ccccc1NC(=O)c1cc(Nc2ccc(OC)cc2OC)ccn1. The van der Waals surface area contributed by atoms with Crippen molar-refractivity contribution >= 4 is 23.0 Å². The van der Waals surface area contributed by atoms with E-state index in [-0.39, 0.29) is 5.91 Å². The Morgan fingerprint density at radius 2 is 1.82 bits per heavy atom. The van der Waals surface area contributed by atoms with Gasteiger partial charge in [-0.1, -0.05) is 25.1 Å². The number of carbonyl (C=O) groups is 1. The lowest BCUT2D eigenvalue weighted by molar-refractivity contribution is 0.102. The van der Waals surface area contributed by atoms with E-state index in [1.807, 2.05) is 36.4 Å². The molecule has 0 bridgehead atoms. The van der Waals surface area contributed by atoms with E-state index in [0.29, 0.717) is 17.2 Å². The Balaban J connectivity index is 1.80. The summed E-state index contributed by atoms with van der Waals surface area (Å²) < 4.78 is 10.6. The van der Waals surface area contributed by atoms with Crippen molar-refractivity contribution in [3.05, 3.63) is 72.1 Å². The topological polar surface area (TPSA) is 72.5 Å². The monoisotopic (exact) mass is 377 g/mol. The summed E-state index contributed by atoms with van der Waals surface area (Å²) in [6.45, 7) is 2.05. The van der Waals surface area contributed by atoms with Crippen LogP contribution in [0.25, 0.3) is 0 Å². The molecule has 3 rings (SSSR count). The second kappa shape index (κ2) is 8.90. The van der Waals surface area contributed by atoms with E-state index in [2.05, 4.69) is 22.5 Å². The van der Waals surface area contributed by atoms with E-state index in [4.69, 9.17) is 9.47 Å². The number of benzene rings is 2. The first-order valence-electron chi connectivity index (χ1n) is 8.99. The minimum Gasteiger partial charge on any atom is -0.497 e. The molecule has 0 aliphatic rings. The molecule has 0 saturated heterocycles. The van der Waals surface area contributed by atoms with Gasteiger partial charge in [-0.05, 0) is 42.3 Å². The van der Waals surface area contributed by atoms with Gasteiger partial charge in [0.05, 0.1) is 19.9 Å². The molecular formula is C22H23N3O3. The number of aryl methyl sites for hydroxylation is 1. The highest BCUT2D eigenvalue weighted by atomic mass is 16.5. The molecule has 2 aromatic carbocycles. The van der Waals surface area contributed by atoms with Gasteiger partial charge in [0.1, 0.15) is 17.2 Å². The molecule has 0 fully saturated rings. The maximum Gasteiger partial charge on any atom is 0.274 e. The van der Waals surface area contributed by atoms with Gasteiger partial charge in [-0.15, -0.1) is 0 Å². The Morgan fingerprint density at radius 3 is 2.57 bits per heavy atom. The van der Waals surface area contributed by atoms with Crippen molar-refractivity contribution in [3.63, 3.8) is 0 Å². The summed E-state index contributed by atoms with van der Waals surface area (Å²) in [5, 5.41) is 6.19. The molecule has 0 aliphatic heterocycles. The molecular weight excluding hydrogens is 354 g/mol. The zero-order chi connectivity index (χ0) is 19.9. The Bertz CT molecular complexity index is 973. The van der Waals surface area contributed by atoms with Gasteiger partial charge >= 0.3 is 0 Å². The molecule has 1 amide bonds. The van der Waals surface area contributed by atoms with Gasteiger partial charge in [0.15, 0.2) is 0 Å². The van der Waals surface area contributed by atoms with Crippen molar-refractivity contribution < 1.29 is 14.3 Å². The highest BCUT2D eigenvalue weighted by Gasteiger charge is 2.12. The first-order valence-corrected chi connectivity index (χ1v) is 8.99. The number of ether oxygens (including phenoxy) is 2. The maximum absolute atomic E-state index is 12.7. The summed E-state index contributed by atoms with van der Waals surface area (Å²) in [4.78, 5) is 16.9. The van der Waals surface area contributed by atoms with E-state index < -0.39 is 0 Å². The smallest absolute Gasteiger partial charge is 0.274 e. The number of aromatic nitrogens is 1. The lowest BCUT2D eigenvalue weighted by Crippen LogP contribution is -2.15. The predicted molar refractivity (Wildman–Crippen MR) is 111 cm³/mol. The van der Waals surface area contributed by atoms with Crippen LogP contribution in [-0.2, 0) is 6.42 Å². The maximum atomic E-state index is 12.7. The van der Waals surface area contributed by atoms with Gasteiger partial charge in [0.2, 0.25) is 0 Å². The third-order valence-electron chi connectivity index (χ3n) is 4.33. The van der Waals surface area contributed by atoms with Gasteiger partial charge in [-0.3, -0.25) is 9.78 Å². The number of nitrogens with one attached hydrogen (secondary N) is 2. The number of methoxy groups -OCH3 is 2. The lowest BCUT2D eigenvalue weighted by Gasteiger charge is -2.13. The summed E-state index contributed by atoms with van der Waals surface area (Å²) in [5.74, 6) is 1.08. The second-order valence-electron chi connectivity index (χ2n) is 6.09. The number of hydrogen-bond acceptors (Lipinski definition) is 5. The third-order valence-corrected chi connectivity index (χ3v) is 4.33. The number of pyridine rings is 1. The second-order valence-corrected chi connectivity index (χ2v) is 6.09. The number of amides is 1. The van der Waals surface area contributed by atoms with Crippen molar-refractivity contribution in [1.82, 2.24) is 4.98 Å². The zero-order valence-electron chi connectivity index (χ0n) is 16.2. The van der Waals surface area contributed by atoms with Crippen LogP contribution in [-0.4, -0.2) is 25.1 Å². The number of carbonyl (C=O) groups excluding carboxylic acids is 1. The number of nitrogens with zero attached hydrogens (tertiary/aromatic N) is 1. The average Bonchev–Trinajstić information content (AvgIpc) is 2.74. The Labute approximate surface area is 164 Å². The summed E-state index contributed by atoms with van der Waals surface area (Å²) >= 11 is 0. The minimum absolute atomic E-state index is 0.258. The Kier molecular flexibility index (Phi) is 6.11. The molecule has 6 nitrogen and oxygen atoms in total. The van der Waals surface area contributed by atoms with Crippen LogP contribution in [0.1, 0.15) is 23.0 Å². The van der Waals surface area contributed by atoms with Gasteiger partial charge in [0.25, 0.3) is 5.91 Å². The van der Waals surface area contributed by atoms with E-state index in [1.165, 1.54) is 0 Å². The molecule has 0 radical (unpaired) electrons. The molecule has 0 aliphatic carbocycles. The number of para-hydroxylation sites is 1. The van der Waals surface area contributed by atoms with Crippen LogP contribution in [0.3, 0.4) is 0 Å². The van der Waals surface area contributed by atoms with E-state index in [9.17, 15) is 4.79 Å². The molecule has 1 aromatic heterocycles. The molecule has 2 N–H and O–H groups in total. The normalized spacial score (nSPS) is 10.2. The van der Waals surface area contributed by atoms with Crippen molar-refractivity contribution in [2.24, 2.45) is 0 Å². The summed E-state index contributed by atoms with van der Waals surface area (Å²) in [5.41, 5.74) is 3.69. The fourth-order valence-corrected chi connectivity index (χ4v) is 2.83. The van der Waals surface area contributed by atoms with E-state index >= 15 is 0 Å². The van der Waals surface area contributed by atoms with E-state index in [1.54, 1.807) is 38.6 Å². The molecule has 0 atom stereocenters. The van der Waals surface area contributed by atoms with Crippen LogP contribution < -0.4 is 20.1 Å². The molecule has 0 spiro atoms. The standard InChI is InChI=1S/C22H23N3O3/c1-4-15-7-5-6-8-18(15)25-22(26)20-13-16(11-12-23-20)24-19-10-9-17(27-2)14-21(19)28-3/h5-14H,4H2,1-3H3,(H,23,24)(H,25,26). The van der Waals surface area contributed by atoms with Crippen LogP contribution in [0, 0.1) is 0 Å². The zero-order valence-corrected chi connectivity index (χ0v) is 16.2. The first-order chi connectivity index (χ1) is 13.6. The van der Waals surface area contributed by atoms with Crippen molar-refractivity contribution in [1.29, 1.82) is 0 Å². The average molecular weight is 377 g/mol. The van der Waals surface area contributed by atoms with Crippen molar-refractivity contribution in [2.45, 2.75) is 13.3 Å². The molecule has 1 heterocycles. The summed E-state index contributed by atoms with van der Waals surface area (Å²) in [6, 6.07) is 16.7. The highest BCUT2D eigenvalue weighted by Crippen LogP contribution is 2.31. The van der Waals surface area contributed by atoms with E-state index in [0.717, 1.165) is 29.0 Å². The summed E-state index contributed by atoms with van der Waals surface area (Å²) in [7, 11) is 3.20. The van der Waals surface area contributed by atoms with Crippen LogP contribution in [0.5, 0.6) is 11.5 Å². The molecule has 3 aromatic rings. The first kappa shape index (κ1) is 19.2. The van der Waals surface area contributed by atoms with Crippen LogP contribution >= 0.6 is 0 Å². The number of rotatable bonds is 7. The Hall–Kier alpha value is -3.54. The molecule has 28 heavy (non-hydrogen) atoms. The highest BCUT2D eigenvalue weighted by molar-refractivity contribution is 6.03. The van der Waals surface area contributed by atoms with Crippen molar-refractivity contribution in [3.8, 4) is 11.5 Å². The number of hydrogen-bond donors (Lipinski definition) is 2. The summed E-state index contributed by atoms with van der Waals surface area (Å²) in [6.07, 6.45) is 2.43. The molecule has 0 unspecified atom stereocenters. The largest absolute Gasteiger partial charge is 0.497 e. The lowest BCUT2D eigenvalue weighted by atomic mass is 10.1. The van der Waals surface area contributed by atoms with Crippen LogP contribution in [0.4, 0.5) is 17.1 Å². The van der Waals surface area contributed by atoms with Crippen molar-refractivity contribution in [2.75, 3.05) is 24.9 Å². The predicted octanol–water partition coefficient (Wildman–Crippen LogP) is 4.66. The molecule has 144 valence electrons. The van der Waals surface area contributed by atoms with Crippen LogP contribution in [0.2, 0.25) is 0 Å². The van der Waals surface area contributed by atoms with Gasteiger partial charge in [-0.25, -0.2) is 0 Å². The van der Waals surface area contributed by atoms with Crippen LogP contribution in [0.15, 0.2) is 60.8 Å². The fraction of sp³-hybridized carbons (Fsp3) is 0.182. The fourth-order valence-electron chi connectivity index (χ4n) is 2.83. The molecule has 6 heteroatoms. The Morgan fingerprint density at radius 1 is 1.00 bits per heavy atom. The quantitative estimate of drug-likeness (QED) is 0.627.